The largest absolute Gasteiger partial charge is 0.444 e. The second-order valence-corrected chi connectivity index (χ2v) is 8.96. The minimum Gasteiger partial charge on any atom is -0.444 e. The summed E-state index contributed by atoms with van der Waals surface area (Å²) in [5.74, 6) is 0.373. The highest BCUT2D eigenvalue weighted by molar-refractivity contribution is 5.94. The first kappa shape index (κ1) is 22.3. The van der Waals surface area contributed by atoms with Crippen molar-refractivity contribution in [3.05, 3.63) is 66.8 Å². The van der Waals surface area contributed by atoms with Crippen LogP contribution in [0.25, 0.3) is 27.5 Å². The number of alkyl carbamates (subject to hydrolysis) is 1. The fraction of sp³-hybridized carbons (Fsp3) is 0.280. The SMILES string of the molecule is C=CC(Cc1c(C)c(-c2cnc3ccccc3c2)c2c(N)ncnn12)NC(=O)OC(C)(C)C. The van der Waals surface area contributed by atoms with Gasteiger partial charge in [0.15, 0.2) is 5.82 Å². The maximum absolute atomic E-state index is 12.3. The fourth-order valence-corrected chi connectivity index (χ4v) is 3.95. The van der Waals surface area contributed by atoms with Crippen molar-refractivity contribution in [1.29, 1.82) is 0 Å². The molecule has 33 heavy (non-hydrogen) atoms. The van der Waals surface area contributed by atoms with Crippen molar-refractivity contribution in [1.82, 2.24) is 24.9 Å². The molecule has 4 aromatic rings. The van der Waals surface area contributed by atoms with Gasteiger partial charge in [0.2, 0.25) is 0 Å². The van der Waals surface area contributed by atoms with E-state index in [2.05, 4.69) is 33.0 Å². The summed E-state index contributed by atoms with van der Waals surface area (Å²) in [6.45, 7) is 11.4. The van der Waals surface area contributed by atoms with Crippen molar-refractivity contribution in [3.63, 3.8) is 0 Å². The summed E-state index contributed by atoms with van der Waals surface area (Å²) in [5, 5.41) is 8.37. The van der Waals surface area contributed by atoms with Crippen molar-refractivity contribution in [2.45, 2.75) is 45.8 Å². The van der Waals surface area contributed by atoms with Gasteiger partial charge in [-0.2, -0.15) is 5.10 Å². The number of nitrogen functional groups attached to an aromatic ring is 1. The number of ether oxygens (including phenoxy) is 1. The number of rotatable bonds is 5. The lowest BCUT2D eigenvalue weighted by Gasteiger charge is -2.22. The van der Waals surface area contributed by atoms with E-state index in [9.17, 15) is 4.79 Å². The predicted octanol–water partition coefficient (Wildman–Crippen LogP) is 4.46. The maximum Gasteiger partial charge on any atom is 0.408 e. The number of pyridine rings is 1. The number of amides is 1. The van der Waals surface area contributed by atoms with Crippen LogP contribution in [-0.4, -0.2) is 37.3 Å². The number of carbonyl (C=O) groups is 1. The molecule has 8 heteroatoms. The number of hydrogen-bond donors (Lipinski definition) is 2. The molecule has 1 amide bonds. The molecule has 0 saturated heterocycles. The van der Waals surface area contributed by atoms with E-state index in [1.807, 2.05) is 58.2 Å². The number of benzene rings is 1. The lowest BCUT2D eigenvalue weighted by molar-refractivity contribution is 0.0514. The second kappa shape index (κ2) is 8.54. The van der Waals surface area contributed by atoms with Crippen molar-refractivity contribution < 1.29 is 9.53 Å². The minimum absolute atomic E-state index is 0.365. The molecule has 0 aliphatic heterocycles. The highest BCUT2D eigenvalue weighted by Crippen LogP contribution is 2.36. The third-order valence-corrected chi connectivity index (χ3v) is 5.40. The molecule has 3 aromatic heterocycles. The zero-order valence-corrected chi connectivity index (χ0v) is 19.3. The molecular formula is C25H28N6O2. The first-order chi connectivity index (χ1) is 15.7. The van der Waals surface area contributed by atoms with Gasteiger partial charge in [0, 0.05) is 34.8 Å². The monoisotopic (exact) mass is 444 g/mol. The Balaban J connectivity index is 1.78. The highest BCUT2D eigenvalue weighted by Gasteiger charge is 2.24. The molecule has 0 aliphatic carbocycles. The Labute approximate surface area is 192 Å². The number of hydrogen-bond acceptors (Lipinski definition) is 6. The molecule has 0 radical (unpaired) electrons. The molecule has 3 N–H and O–H groups in total. The molecule has 8 nitrogen and oxygen atoms in total. The number of para-hydroxylation sites is 1. The standard InChI is InChI=1S/C25H28N6O2/c1-6-18(30-24(32)33-25(3,4)5)12-20-15(2)21(22-23(26)28-14-29-31(20)22)17-11-16-9-7-8-10-19(16)27-13-17/h6-11,13-14,18H,1,12H2,2-5H3,(H,30,32)(H2,26,28,29). The zero-order chi connectivity index (χ0) is 23.8. The molecule has 170 valence electrons. The van der Waals surface area contributed by atoms with Crippen molar-refractivity contribution in [2.75, 3.05) is 5.73 Å². The number of nitrogens with one attached hydrogen (secondary N) is 1. The molecule has 0 saturated carbocycles. The summed E-state index contributed by atoms with van der Waals surface area (Å²) in [7, 11) is 0. The van der Waals surface area contributed by atoms with E-state index in [0.717, 1.165) is 33.3 Å². The van der Waals surface area contributed by atoms with Gasteiger partial charge in [-0.1, -0.05) is 24.3 Å². The molecular weight excluding hydrogens is 416 g/mol. The maximum atomic E-state index is 12.3. The summed E-state index contributed by atoms with van der Waals surface area (Å²) in [4.78, 5) is 21.2. The van der Waals surface area contributed by atoms with Gasteiger partial charge in [0.25, 0.3) is 0 Å². The van der Waals surface area contributed by atoms with E-state index in [4.69, 9.17) is 10.5 Å². The summed E-state index contributed by atoms with van der Waals surface area (Å²) in [6, 6.07) is 9.67. The molecule has 1 aromatic carbocycles. The van der Waals surface area contributed by atoms with E-state index in [1.54, 1.807) is 10.6 Å². The van der Waals surface area contributed by atoms with Crippen molar-refractivity contribution >= 4 is 28.3 Å². The van der Waals surface area contributed by atoms with Crippen molar-refractivity contribution in [3.8, 4) is 11.1 Å². The molecule has 0 fully saturated rings. The molecule has 0 spiro atoms. The first-order valence-electron chi connectivity index (χ1n) is 10.8. The number of carbonyl (C=O) groups excluding carboxylic acids is 1. The summed E-state index contributed by atoms with van der Waals surface area (Å²) in [5.41, 5.74) is 11.1. The van der Waals surface area contributed by atoms with E-state index >= 15 is 0 Å². The topological polar surface area (TPSA) is 107 Å². The van der Waals surface area contributed by atoms with Crippen LogP contribution in [0, 0.1) is 6.92 Å². The Bertz CT molecular complexity index is 1350. The molecule has 0 bridgehead atoms. The number of anilines is 1. The van der Waals surface area contributed by atoms with Crippen LogP contribution in [0.2, 0.25) is 0 Å². The predicted molar refractivity (Wildman–Crippen MR) is 130 cm³/mol. The van der Waals surface area contributed by atoms with Gasteiger partial charge in [-0.3, -0.25) is 4.98 Å². The lowest BCUT2D eigenvalue weighted by atomic mass is 10.00. The van der Waals surface area contributed by atoms with E-state index < -0.39 is 11.7 Å². The van der Waals surface area contributed by atoms with Crippen LogP contribution in [0.1, 0.15) is 32.0 Å². The number of nitrogens with zero attached hydrogens (tertiary/aromatic N) is 4. The molecule has 1 atom stereocenters. The summed E-state index contributed by atoms with van der Waals surface area (Å²) in [6.07, 6.45) is 4.90. The molecule has 3 heterocycles. The van der Waals surface area contributed by atoms with Gasteiger partial charge in [-0.15, -0.1) is 6.58 Å². The molecule has 1 unspecified atom stereocenters. The summed E-state index contributed by atoms with van der Waals surface area (Å²) < 4.78 is 7.19. The van der Waals surface area contributed by atoms with Crippen LogP contribution in [-0.2, 0) is 11.2 Å². The van der Waals surface area contributed by atoms with E-state index in [0.29, 0.717) is 17.8 Å². The smallest absolute Gasteiger partial charge is 0.408 e. The normalized spacial score (nSPS) is 12.6. The van der Waals surface area contributed by atoms with Gasteiger partial charge in [-0.25, -0.2) is 14.3 Å². The van der Waals surface area contributed by atoms with Crippen LogP contribution in [0.4, 0.5) is 10.6 Å². The first-order valence-corrected chi connectivity index (χ1v) is 10.8. The van der Waals surface area contributed by atoms with E-state index in [-0.39, 0.29) is 6.04 Å². The van der Waals surface area contributed by atoms with Gasteiger partial charge in [0.05, 0.1) is 11.6 Å². The van der Waals surface area contributed by atoms with Gasteiger partial charge in [-0.05, 0) is 45.4 Å². The van der Waals surface area contributed by atoms with Crippen LogP contribution in [0.5, 0.6) is 0 Å². The Morgan fingerprint density at radius 2 is 2.06 bits per heavy atom. The second-order valence-electron chi connectivity index (χ2n) is 8.96. The fourth-order valence-electron chi connectivity index (χ4n) is 3.95. The van der Waals surface area contributed by atoms with Gasteiger partial charge in [0.1, 0.15) is 17.4 Å². The zero-order valence-electron chi connectivity index (χ0n) is 19.3. The molecule has 0 aliphatic rings. The van der Waals surface area contributed by atoms with E-state index in [1.165, 1.54) is 6.33 Å². The van der Waals surface area contributed by atoms with Gasteiger partial charge < -0.3 is 15.8 Å². The van der Waals surface area contributed by atoms with Crippen molar-refractivity contribution in [2.24, 2.45) is 0 Å². The third kappa shape index (κ3) is 4.50. The van der Waals surface area contributed by atoms with Crippen LogP contribution < -0.4 is 11.1 Å². The highest BCUT2D eigenvalue weighted by atomic mass is 16.6. The van der Waals surface area contributed by atoms with Crippen LogP contribution >= 0.6 is 0 Å². The number of aromatic nitrogens is 4. The average Bonchev–Trinajstić information content (AvgIpc) is 3.04. The average molecular weight is 445 g/mol. The Morgan fingerprint density at radius 3 is 2.79 bits per heavy atom. The van der Waals surface area contributed by atoms with Crippen LogP contribution in [0.15, 0.2) is 55.5 Å². The van der Waals surface area contributed by atoms with Gasteiger partial charge >= 0.3 is 6.09 Å². The lowest BCUT2D eigenvalue weighted by Crippen LogP contribution is -2.39. The number of fused-ring (bicyclic) bond motifs is 2. The van der Waals surface area contributed by atoms with Crippen LogP contribution in [0.3, 0.4) is 0 Å². The molecule has 4 rings (SSSR count). The third-order valence-electron chi connectivity index (χ3n) is 5.40. The number of nitrogens with two attached hydrogens (primary N) is 1. The quantitative estimate of drug-likeness (QED) is 0.440. The Hall–Kier alpha value is -3.94. The summed E-state index contributed by atoms with van der Waals surface area (Å²) >= 11 is 0. The Kier molecular flexibility index (Phi) is 5.76. The minimum atomic E-state index is -0.592. The Morgan fingerprint density at radius 1 is 1.30 bits per heavy atom.